The highest BCUT2D eigenvalue weighted by atomic mass is 16.1. The third kappa shape index (κ3) is 1.26. The van der Waals surface area contributed by atoms with Gasteiger partial charge in [-0.3, -0.25) is 0 Å². The second kappa shape index (κ2) is 2.99. The minimum atomic E-state index is -0.256. The molecule has 4 N–H and O–H groups in total. The monoisotopic (exact) mass is 191 g/mol. The van der Waals surface area contributed by atoms with Gasteiger partial charge in [-0.05, 0) is 6.92 Å². The first kappa shape index (κ1) is 8.49. The summed E-state index contributed by atoms with van der Waals surface area (Å²) in [5, 5.41) is 7.34. The lowest BCUT2D eigenvalue weighted by atomic mass is 10.1. The lowest BCUT2D eigenvalue weighted by Gasteiger charge is -2.01. The Labute approximate surface area is 79.2 Å². The number of nitrogens with two attached hydrogens (primary N) is 1. The van der Waals surface area contributed by atoms with E-state index < -0.39 is 0 Å². The molecule has 2 heterocycles. The van der Waals surface area contributed by atoms with E-state index in [1.807, 2.05) is 0 Å². The average molecular weight is 191 g/mol. The number of nitrogen functional groups attached to an aromatic ring is 1. The number of rotatable bonds is 1. The van der Waals surface area contributed by atoms with Gasteiger partial charge in [0, 0.05) is 11.3 Å². The number of nitrogens with one attached hydrogen (secondary N) is 2. The quantitative estimate of drug-likeness (QED) is 0.592. The van der Waals surface area contributed by atoms with Crippen LogP contribution in [0.15, 0.2) is 17.2 Å². The van der Waals surface area contributed by atoms with Crippen molar-refractivity contribution in [2.75, 3.05) is 5.73 Å². The van der Waals surface area contributed by atoms with Gasteiger partial charge in [0.2, 0.25) is 0 Å². The van der Waals surface area contributed by atoms with Crippen LogP contribution in [-0.2, 0) is 0 Å². The molecular formula is C8H9N5O. The van der Waals surface area contributed by atoms with Gasteiger partial charge < -0.3 is 15.7 Å². The fourth-order valence-corrected chi connectivity index (χ4v) is 1.28. The first-order valence-corrected chi connectivity index (χ1v) is 4.04. The molecule has 0 spiro atoms. The largest absolute Gasteiger partial charge is 0.397 e. The van der Waals surface area contributed by atoms with Crippen LogP contribution in [0.3, 0.4) is 0 Å². The lowest BCUT2D eigenvalue weighted by molar-refractivity contribution is 1.03. The number of aryl methyl sites for hydroxylation is 1. The second-order valence-corrected chi connectivity index (χ2v) is 2.94. The number of aromatic nitrogens is 4. The molecule has 0 radical (unpaired) electrons. The van der Waals surface area contributed by atoms with E-state index in [0.717, 1.165) is 5.69 Å². The lowest BCUT2D eigenvalue weighted by Crippen LogP contribution is -2.01. The Hall–Kier alpha value is -2.11. The normalized spacial score (nSPS) is 10.4. The topological polar surface area (TPSA) is 100 Å². The second-order valence-electron chi connectivity index (χ2n) is 2.94. The van der Waals surface area contributed by atoms with Gasteiger partial charge in [0.15, 0.2) is 0 Å². The summed E-state index contributed by atoms with van der Waals surface area (Å²) in [6.45, 7) is 1.78. The fourth-order valence-electron chi connectivity index (χ4n) is 1.28. The van der Waals surface area contributed by atoms with Crippen molar-refractivity contribution in [2.45, 2.75) is 6.92 Å². The van der Waals surface area contributed by atoms with Crippen molar-refractivity contribution in [3.05, 3.63) is 28.6 Å². The van der Waals surface area contributed by atoms with Crippen LogP contribution >= 0.6 is 0 Å². The third-order valence-corrected chi connectivity index (χ3v) is 1.95. The van der Waals surface area contributed by atoms with Gasteiger partial charge in [-0.2, -0.15) is 10.2 Å². The highest BCUT2D eigenvalue weighted by Gasteiger charge is 2.08. The molecule has 0 amide bonds. The summed E-state index contributed by atoms with van der Waals surface area (Å²) in [7, 11) is 0. The van der Waals surface area contributed by atoms with Crippen LogP contribution in [0.4, 0.5) is 5.69 Å². The molecule has 0 bridgehead atoms. The van der Waals surface area contributed by atoms with E-state index in [0.29, 0.717) is 16.9 Å². The molecule has 72 valence electrons. The molecule has 6 heteroatoms. The zero-order chi connectivity index (χ0) is 10.1. The van der Waals surface area contributed by atoms with Gasteiger partial charge in [0.1, 0.15) is 0 Å². The highest BCUT2D eigenvalue weighted by molar-refractivity contribution is 5.73. The van der Waals surface area contributed by atoms with E-state index in [4.69, 9.17) is 5.73 Å². The van der Waals surface area contributed by atoms with Crippen molar-refractivity contribution in [3.8, 4) is 11.3 Å². The van der Waals surface area contributed by atoms with E-state index in [1.54, 1.807) is 6.92 Å². The first-order chi connectivity index (χ1) is 6.68. The van der Waals surface area contributed by atoms with E-state index >= 15 is 0 Å². The van der Waals surface area contributed by atoms with Crippen molar-refractivity contribution >= 4 is 5.69 Å². The van der Waals surface area contributed by atoms with Crippen molar-refractivity contribution in [3.63, 3.8) is 0 Å². The molecule has 2 aromatic heterocycles. The minimum Gasteiger partial charge on any atom is -0.397 e. The summed E-state index contributed by atoms with van der Waals surface area (Å²) in [6, 6.07) is 0. The summed E-state index contributed by atoms with van der Waals surface area (Å²) in [6.07, 6.45) is 2.96. The molecule has 14 heavy (non-hydrogen) atoms. The van der Waals surface area contributed by atoms with Crippen LogP contribution < -0.4 is 11.4 Å². The van der Waals surface area contributed by atoms with Crippen LogP contribution in [0.25, 0.3) is 11.3 Å². The smallest absolute Gasteiger partial charge is 0.323 e. The predicted molar refractivity (Wildman–Crippen MR) is 51.6 cm³/mol. The molecule has 0 saturated carbocycles. The SMILES string of the molecule is Cc1[nH]c(=O)[nH]c1-c1cnncc1N. The molecule has 0 atom stereocenters. The Morgan fingerprint density at radius 3 is 2.57 bits per heavy atom. The molecule has 6 nitrogen and oxygen atoms in total. The van der Waals surface area contributed by atoms with Crippen molar-refractivity contribution in [1.82, 2.24) is 20.2 Å². The summed E-state index contributed by atoms with van der Waals surface area (Å²) < 4.78 is 0. The molecule has 0 aliphatic heterocycles. The maximum Gasteiger partial charge on any atom is 0.323 e. The number of imidazole rings is 1. The Morgan fingerprint density at radius 2 is 2.00 bits per heavy atom. The Balaban J connectivity index is 2.66. The molecular weight excluding hydrogens is 182 g/mol. The summed E-state index contributed by atoms with van der Waals surface area (Å²) in [4.78, 5) is 16.3. The highest BCUT2D eigenvalue weighted by Crippen LogP contribution is 2.22. The van der Waals surface area contributed by atoms with Crippen LogP contribution in [0.1, 0.15) is 5.69 Å². The maximum atomic E-state index is 11.0. The maximum absolute atomic E-state index is 11.0. The van der Waals surface area contributed by atoms with Gasteiger partial charge in [-0.15, -0.1) is 0 Å². The molecule has 0 aliphatic carbocycles. The zero-order valence-electron chi connectivity index (χ0n) is 7.53. The third-order valence-electron chi connectivity index (χ3n) is 1.95. The Bertz CT molecular complexity index is 512. The van der Waals surface area contributed by atoms with Crippen LogP contribution in [0.5, 0.6) is 0 Å². The number of anilines is 1. The van der Waals surface area contributed by atoms with Crippen LogP contribution in [-0.4, -0.2) is 20.2 Å². The molecule has 0 fully saturated rings. The number of nitrogens with zero attached hydrogens (tertiary/aromatic N) is 2. The van der Waals surface area contributed by atoms with Crippen molar-refractivity contribution < 1.29 is 0 Å². The standard InChI is InChI=1S/C8H9N5O/c1-4-7(13-8(14)12-4)5-2-10-11-3-6(5)9/h2-3H,1H3,(H2,9,10)(H2,12,13,14). The van der Waals surface area contributed by atoms with Crippen molar-refractivity contribution in [2.24, 2.45) is 0 Å². The van der Waals surface area contributed by atoms with Gasteiger partial charge >= 0.3 is 5.69 Å². The summed E-state index contributed by atoms with van der Waals surface area (Å²) in [5.41, 5.74) is 7.98. The van der Waals surface area contributed by atoms with Gasteiger partial charge in [-0.25, -0.2) is 4.79 Å². The zero-order valence-corrected chi connectivity index (χ0v) is 7.53. The average Bonchev–Trinajstić information content (AvgIpc) is 2.46. The van der Waals surface area contributed by atoms with E-state index in [1.165, 1.54) is 12.4 Å². The number of hydrogen-bond acceptors (Lipinski definition) is 4. The van der Waals surface area contributed by atoms with E-state index in [-0.39, 0.29) is 5.69 Å². The number of aromatic amines is 2. The van der Waals surface area contributed by atoms with Crippen LogP contribution in [0, 0.1) is 6.92 Å². The molecule has 0 saturated heterocycles. The Morgan fingerprint density at radius 1 is 1.29 bits per heavy atom. The molecule has 2 aromatic rings. The van der Waals surface area contributed by atoms with Gasteiger partial charge in [0.05, 0.1) is 23.8 Å². The first-order valence-electron chi connectivity index (χ1n) is 4.04. The fraction of sp³-hybridized carbons (Fsp3) is 0.125. The minimum absolute atomic E-state index is 0.256. The number of H-pyrrole nitrogens is 2. The van der Waals surface area contributed by atoms with E-state index in [2.05, 4.69) is 20.2 Å². The summed E-state index contributed by atoms with van der Waals surface area (Å²) in [5.74, 6) is 0. The summed E-state index contributed by atoms with van der Waals surface area (Å²) >= 11 is 0. The molecule has 2 rings (SSSR count). The van der Waals surface area contributed by atoms with E-state index in [9.17, 15) is 4.79 Å². The van der Waals surface area contributed by atoms with Crippen molar-refractivity contribution in [1.29, 1.82) is 0 Å². The molecule has 0 unspecified atom stereocenters. The van der Waals surface area contributed by atoms with Gasteiger partial charge in [-0.1, -0.05) is 0 Å². The van der Waals surface area contributed by atoms with Crippen LogP contribution in [0.2, 0.25) is 0 Å². The molecule has 0 aromatic carbocycles. The number of hydrogen-bond donors (Lipinski definition) is 3. The predicted octanol–water partition coefficient (Wildman–Crippen LogP) is 0.0506. The molecule has 0 aliphatic rings. The Kier molecular flexibility index (Phi) is 1.81. The van der Waals surface area contributed by atoms with Gasteiger partial charge in [0.25, 0.3) is 0 Å².